The molecule has 10 heteroatoms. The number of hydrogen-bond acceptors (Lipinski definition) is 5. The summed E-state index contributed by atoms with van der Waals surface area (Å²) < 4.78 is 72.9. The first-order chi connectivity index (χ1) is 9.21. The molecule has 2 rings (SSSR count). The van der Waals surface area contributed by atoms with Crippen LogP contribution in [-0.2, 0) is 19.6 Å². The van der Waals surface area contributed by atoms with Crippen molar-refractivity contribution in [3.8, 4) is 5.75 Å². The molecule has 0 aliphatic carbocycles. The smallest absolute Gasteiger partial charge is 0.375 e. The van der Waals surface area contributed by atoms with Gasteiger partial charge in [0.2, 0.25) is 0 Å². The Balaban J connectivity index is 2.22. The van der Waals surface area contributed by atoms with Crippen LogP contribution in [0.5, 0.6) is 5.75 Å². The number of benzene rings is 1. The summed E-state index contributed by atoms with van der Waals surface area (Å²) in [5.74, 6) is -0.468. The largest absolute Gasteiger partial charge is 0.534 e. The molecule has 0 unspecified atom stereocenters. The zero-order chi connectivity index (χ0) is 15.0. The van der Waals surface area contributed by atoms with Crippen LogP contribution in [0.15, 0.2) is 22.7 Å². The zero-order valence-electron chi connectivity index (χ0n) is 9.68. The van der Waals surface area contributed by atoms with Gasteiger partial charge in [0.1, 0.15) is 0 Å². The lowest BCUT2D eigenvalue weighted by atomic mass is 10.2. The molecule has 0 atom stereocenters. The summed E-state index contributed by atoms with van der Waals surface area (Å²) in [5.41, 5.74) is -4.95. The van der Waals surface area contributed by atoms with Crippen molar-refractivity contribution in [1.29, 1.82) is 0 Å². The van der Waals surface area contributed by atoms with Crippen molar-refractivity contribution in [2.75, 3.05) is 13.2 Å². The molecule has 1 aromatic carbocycles. The second-order valence-electron chi connectivity index (χ2n) is 3.75. The minimum Gasteiger partial charge on any atom is -0.375 e. The Bertz CT molecular complexity index is 595. The monoisotopic (exact) mass is 376 g/mol. The van der Waals surface area contributed by atoms with E-state index in [1.54, 1.807) is 0 Å². The average Bonchev–Trinajstić information content (AvgIpc) is 2.83. The lowest BCUT2D eigenvalue weighted by Crippen LogP contribution is -2.28. The van der Waals surface area contributed by atoms with E-state index in [9.17, 15) is 21.6 Å². The molecule has 1 aromatic rings. The highest BCUT2D eigenvalue weighted by molar-refractivity contribution is 9.10. The van der Waals surface area contributed by atoms with Gasteiger partial charge in [-0.05, 0) is 28.1 Å². The molecule has 0 bridgehead atoms. The number of alkyl halides is 3. The van der Waals surface area contributed by atoms with Gasteiger partial charge in [-0.2, -0.15) is 21.6 Å². The fraction of sp³-hybridized carbons (Fsp3) is 0.400. The molecule has 1 heterocycles. The molecule has 20 heavy (non-hydrogen) atoms. The molecule has 1 aliphatic rings. The predicted molar refractivity (Wildman–Crippen MR) is 64.4 cm³/mol. The van der Waals surface area contributed by atoms with Gasteiger partial charge in [0.05, 0.1) is 17.7 Å². The van der Waals surface area contributed by atoms with E-state index < -0.39 is 27.7 Å². The van der Waals surface area contributed by atoms with Crippen molar-refractivity contribution in [1.82, 2.24) is 0 Å². The predicted octanol–water partition coefficient (Wildman–Crippen LogP) is 2.72. The van der Waals surface area contributed by atoms with Gasteiger partial charge in [0, 0.05) is 5.56 Å². The Kier molecular flexibility index (Phi) is 4.28. The molecule has 0 N–H and O–H groups in total. The zero-order valence-corrected chi connectivity index (χ0v) is 12.1. The summed E-state index contributed by atoms with van der Waals surface area (Å²) in [6.07, 6.45) is -0.625. The Morgan fingerprint density at radius 1 is 1.25 bits per heavy atom. The molecular weight excluding hydrogens is 369 g/mol. The van der Waals surface area contributed by atoms with Crippen LogP contribution in [0.25, 0.3) is 0 Å². The van der Waals surface area contributed by atoms with E-state index >= 15 is 0 Å². The van der Waals surface area contributed by atoms with Crippen LogP contribution < -0.4 is 4.18 Å². The van der Waals surface area contributed by atoms with Crippen LogP contribution in [0.3, 0.4) is 0 Å². The van der Waals surface area contributed by atoms with E-state index in [4.69, 9.17) is 9.47 Å². The van der Waals surface area contributed by atoms with Crippen molar-refractivity contribution in [2.45, 2.75) is 11.8 Å². The topological polar surface area (TPSA) is 61.8 Å². The van der Waals surface area contributed by atoms with Gasteiger partial charge in [-0.1, -0.05) is 6.07 Å². The summed E-state index contributed by atoms with van der Waals surface area (Å²) in [5, 5.41) is 0. The quantitative estimate of drug-likeness (QED) is 0.599. The third kappa shape index (κ3) is 3.25. The summed E-state index contributed by atoms with van der Waals surface area (Å²) in [6, 6.07) is 3.83. The lowest BCUT2D eigenvalue weighted by molar-refractivity contribution is -0.0501. The Labute approximate surface area is 120 Å². The second-order valence-corrected chi connectivity index (χ2v) is 6.14. The molecular formula is C10H8BrF3O5S. The third-order valence-electron chi connectivity index (χ3n) is 2.33. The van der Waals surface area contributed by atoms with Gasteiger partial charge in [-0.15, -0.1) is 0 Å². The summed E-state index contributed by atoms with van der Waals surface area (Å²) in [4.78, 5) is 0. The highest BCUT2D eigenvalue weighted by atomic mass is 79.9. The van der Waals surface area contributed by atoms with Crippen LogP contribution in [0.4, 0.5) is 13.2 Å². The highest BCUT2D eigenvalue weighted by Gasteiger charge is 2.48. The SMILES string of the molecule is O=S(=O)(Oc1ccc(C2OCCO2)cc1Br)C(F)(F)F. The Morgan fingerprint density at radius 3 is 2.35 bits per heavy atom. The minimum absolute atomic E-state index is 0.0434. The van der Waals surface area contributed by atoms with Gasteiger partial charge < -0.3 is 13.7 Å². The van der Waals surface area contributed by atoms with Crippen molar-refractivity contribution in [2.24, 2.45) is 0 Å². The minimum atomic E-state index is -5.70. The van der Waals surface area contributed by atoms with Crippen LogP contribution in [0, 0.1) is 0 Å². The molecule has 0 spiro atoms. The van der Waals surface area contributed by atoms with Crippen LogP contribution in [0.2, 0.25) is 0 Å². The van der Waals surface area contributed by atoms with Crippen LogP contribution in [-0.4, -0.2) is 27.1 Å². The number of ether oxygens (including phenoxy) is 2. The molecule has 1 saturated heterocycles. The molecule has 0 radical (unpaired) electrons. The van der Waals surface area contributed by atoms with E-state index in [1.165, 1.54) is 12.1 Å². The lowest BCUT2D eigenvalue weighted by Gasteiger charge is -2.13. The second kappa shape index (κ2) is 5.51. The average molecular weight is 377 g/mol. The van der Waals surface area contributed by atoms with Gasteiger partial charge in [-0.3, -0.25) is 0 Å². The number of hydrogen-bond donors (Lipinski definition) is 0. The molecule has 1 aliphatic heterocycles. The third-order valence-corrected chi connectivity index (χ3v) is 3.92. The van der Waals surface area contributed by atoms with Crippen molar-refractivity contribution < 1.29 is 35.2 Å². The molecule has 1 fully saturated rings. The standard InChI is InChI=1S/C10H8BrF3O5S/c11-7-5-6(9-17-3-4-18-9)1-2-8(7)19-20(15,16)10(12,13)14/h1-2,5,9H,3-4H2. The van der Waals surface area contributed by atoms with Crippen molar-refractivity contribution in [3.05, 3.63) is 28.2 Å². The van der Waals surface area contributed by atoms with Crippen LogP contribution >= 0.6 is 15.9 Å². The van der Waals surface area contributed by atoms with Gasteiger partial charge in [0.15, 0.2) is 12.0 Å². The normalized spacial score (nSPS) is 17.4. The van der Waals surface area contributed by atoms with E-state index in [0.717, 1.165) is 6.07 Å². The Morgan fingerprint density at radius 2 is 1.85 bits per heavy atom. The van der Waals surface area contributed by atoms with E-state index in [-0.39, 0.29) is 4.47 Å². The van der Waals surface area contributed by atoms with E-state index in [0.29, 0.717) is 18.8 Å². The van der Waals surface area contributed by atoms with Gasteiger partial charge in [-0.25, -0.2) is 0 Å². The van der Waals surface area contributed by atoms with Crippen molar-refractivity contribution >= 4 is 26.0 Å². The summed E-state index contributed by atoms with van der Waals surface area (Å²) in [6.45, 7) is 0.811. The molecule has 5 nitrogen and oxygen atoms in total. The summed E-state index contributed by atoms with van der Waals surface area (Å²) in [7, 11) is -5.70. The summed E-state index contributed by atoms with van der Waals surface area (Å²) >= 11 is 2.95. The van der Waals surface area contributed by atoms with Gasteiger partial charge in [0.25, 0.3) is 0 Å². The Hall–Kier alpha value is -0.840. The number of rotatable bonds is 3. The molecule has 0 aromatic heterocycles. The van der Waals surface area contributed by atoms with Gasteiger partial charge >= 0.3 is 15.6 Å². The fourth-order valence-corrected chi connectivity index (χ4v) is 2.51. The van der Waals surface area contributed by atoms with Crippen molar-refractivity contribution in [3.63, 3.8) is 0 Å². The number of halogens is 4. The first-order valence-corrected chi connectivity index (χ1v) is 7.44. The molecule has 0 saturated carbocycles. The van der Waals surface area contributed by atoms with Crippen LogP contribution in [0.1, 0.15) is 11.9 Å². The first-order valence-electron chi connectivity index (χ1n) is 5.24. The fourth-order valence-electron chi connectivity index (χ4n) is 1.45. The molecule has 0 amide bonds. The first kappa shape index (κ1) is 15.5. The molecule has 112 valence electrons. The van der Waals surface area contributed by atoms with E-state index in [1.807, 2.05) is 0 Å². The van der Waals surface area contributed by atoms with E-state index in [2.05, 4.69) is 20.1 Å². The maximum atomic E-state index is 12.2. The highest BCUT2D eigenvalue weighted by Crippen LogP contribution is 2.34. The maximum Gasteiger partial charge on any atom is 0.534 e. The maximum absolute atomic E-state index is 12.2.